The monoisotopic (exact) mass is 320 g/mol. The molecule has 0 radical (unpaired) electrons. The quantitative estimate of drug-likeness (QED) is 0.768. The fourth-order valence-electron chi connectivity index (χ4n) is 3.77. The molecule has 128 valence electrons. The molecular formula is C17H28N4O2. The van der Waals surface area contributed by atoms with Gasteiger partial charge in [-0.3, -0.25) is 4.79 Å². The Morgan fingerprint density at radius 3 is 2.96 bits per heavy atom. The predicted molar refractivity (Wildman–Crippen MR) is 87.9 cm³/mol. The maximum absolute atomic E-state index is 12.1. The van der Waals surface area contributed by atoms with E-state index in [1.165, 1.54) is 0 Å². The average Bonchev–Trinajstić information content (AvgIpc) is 3.14. The molecule has 1 aliphatic carbocycles. The molecular weight excluding hydrogens is 292 g/mol. The summed E-state index contributed by atoms with van der Waals surface area (Å²) in [7, 11) is 2.13. The van der Waals surface area contributed by atoms with E-state index in [1.54, 1.807) is 0 Å². The van der Waals surface area contributed by atoms with Crippen LogP contribution in [0.15, 0.2) is 6.20 Å². The van der Waals surface area contributed by atoms with Gasteiger partial charge in [-0.05, 0) is 32.9 Å². The zero-order valence-corrected chi connectivity index (χ0v) is 14.0. The average molecular weight is 320 g/mol. The molecule has 1 aliphatic heterocycles. The number of aromatic amines is 1. The molecule has 0 bridgehead atoms. The van der Waals surface area contributed by atoms with E-state index in [9.17, 15) is 9.90 Å². The normalized spacial score (nSPS) is 24.7. The van der Waals surface area contributed by atoms with Crippen molar-refractivity contribution in [2.45, 2.75) is 63.0 Å². The van der Waals surface area contributed by atoms with E-state index in [1.807, 2.05) is 6.20 Å². The van der Waals surface area contributed by atoms with Gasteiger partial charge in [-0.1, -0.05) is 19.3 Å². The van der Waals surface area contributed by atoms with Crippen LogP contribution in [0.2, 0.25) is 0 Å². The summed E-state index contributed by atoms with van der Waals surface area (Å²) in [5, 5.41) is 13.3. The first-order valence-electron chi connectivity index (χ1n) is 8.75. The van der Waals surface area contributed by atoms with Gasteiger partial charge in [-0.15, -0.1) is 0 Å². The van der Waals surface area contributed by atoms with Crippen LogP contribution < -0.4 is 5.32 Å². The van der Waals surface area contributed by atoms with Gasteiger partial charge < -0.3 is 20.3 Å². The van der Waals surface area contributed by atoms with Gasteiger partial charge in [0, 0.05) is 12.5 Å². The Kier molecular flexibility index (Phi) is 5.02. The molecule has 1 aromatic heterocycles. The van der Waals surface area contributed by atoms with E-state index in [0.29, 0.717) is 12.5 Å². The number of H-pyrrole nitrogens is 1. The van der Waals surface area contributed by atoms with Gasteiger partial charge in [0.15, 0.2) is 0 Å². The molecule has 3 rings (SSSR count). The van der Waals surface area contributed by atoms with Crippen molar-refractivity contribution in [2.24, 2.45) is 0 Å². The SMILES string of the molecule is CN1CC[C@@H](c2ncc(CNC(=O)CC3(O)CCCCC3)[nH]2)C1. The van der Waals surface area contributed by atoms with E-state index >= 15 is 0 Å². The number of nitrogens with one attached hydrogen (secondary N) is 2. The first kappa shape index (κ1) is 16.5. The molecule has 3 N–H and O–H groups in total. The van der Waals surface area contributed by atoms with E-state index in [-0.39, 0.29) is 12.3 Å². The molecule has 1 atom stereocenters. The highest BCUT2D eigenvalue weighted by Gasteiger charge is 2.31. The van der Waals surface area contributed by atoms with Crippen LogP contribution in [0.1, 0.15) is 62.4 Å². The lowest BCUT2D eigenvalue weighted by atomic mass is 9.82. The molecule has 23 heavy (non-hydrogen) atoms. The Balaban J connectivity index is 1.46. The molecule has 1 saturated heterocycles. The number of hydrogen-bond donors (Lipinski definition) is 3. The zero-order valence-electron chi connectivity index (χ0n) is 14.0. The van der Waals surface area contributed by atoms with Crippen molar-refractivity contribution in [1.29, 1.82) is 0 Å². The fourth-order valence-corrected chi connectivity index (χ4v) is 3.77. The van der Waals surface area contributed by atoms with Gasteiger partial charge in [0.2, 0.25) is 5.91 Å². The first-order chi connectivity index (χ1) is 11.0. The minimum Gasteiger partial charge on any atom is -0.389 e. The van der Waals surface area contributed by atoms with E-state index < -0.39 is 5.60 Å². The number of aliphatic hydroxyl groups is 1. The van der Waals surface area contributed by atoms with Crippen LogP contribution >= 0.6 is 0 Å². The Morgan fingerprint density at radius 2 is 2.26 bits per heavy atom. The van der Waals surface area contributed by atoms with Gasteiger partial charge in [0.1, 0.15) is 5.82 Å². The number of likely N-dealkylation sites (tertiary alicyclic amines) is 1. The topological polar surface area (TPSA) is 81.2 Å². The van der Waals surface area contributed by atoms with Crippen molar-refractivity contribution in [3.63, 3.8) is 0 Å². The molecule has 2 heterocycles. The van der Waals surface area contributed by atoms with Gasteiger partial charge in [-0.25, -0.2) is 4.98 Å². The summed E-state index contributed by atoms with van der Waals surface area (Å²) in [5.74, 6) is 1.41. The first-order valence-corrected chi connectivity index (χ1v) is 8.75. The predicted octanol–water partition coefficient (Wildman–Crippen LogP) is 1.53. The molecule has 0 aromatic carbocycles. The number of hydrogen-bond acceptors (Lipinski definition) is 4. The van der Waals surface area contributed by atoms with Gasteiger partial charge >= 0.3 is 0 Å². The molecule has 0 spiro atoms. The molecule has 1 saturated carbocycles. The largest absolute Gasteiger partial charge is 0.389 e. The number of aromatic nitrogens is 2. The number of amides is 1. The highest BCUT2D eigenvalue weighted by molar-refractivity contribution is 5.76. The standard InChI is InChI=1S/C17H28N4O2/c1-21-8-5-13(12-21)16-19-11-14(20-16)10-18-15(22)9-17(23)6-3-2-4-7-17/h11,13,23H,2-10,12H2,1H3,(H,18,22)(H,19,20)/t13-/m1/s1. The molecule has 6 nitrogen and oxygen atoms in total. The van der Waals surface area contributed by atoms with Crippen LogP contribution in [0.4, 0.5) is 0 Å². The third-order valence-corrected chi connectivity index (χ3v) is 5.18. The highest BCUT2D eigenvalue weighted by Crippen LogP contribution is 2.30. The molecule has 1 aromatic rings. The summed E-state index contributed by atoms with van der Waals surface area (Å²) in [4.78, 5) is 22.2. The molecule has 2 aliphatic rings. The number of imidazole rings is 1. The lowest BCUT2D eigenvalue weighted by molar-refractivity contribution is -0.127. The second-order valence-corrected chi connectivity index (χ2v) is 7.28. The molecule has 6 heteroatoms. The summed E-state index contributed by atoms with van der Waals surface area (Å²) < 4.78 is 0. The second-order valence-electron chi connectivity index (χ2n) is 7.28. The van der Waals surface area contributed by atoms with Gasteiger partial charge in [0.25, 0.3) is 0 Å². The van der Waals surface area contributed by atoms with Crippen molar-refractivity contribution in [1.82, 2.24) is 20.2 Å². The third-order valence-electron chi connectivity index (χ3n) is 5.18. The van der Waals surface area contributed by atoms with E-state index in [0.717, 1.165) is 63.1 Å². The molecule has 1 amide bonds. The lowest BCUT2D eigenvalue weighted by Crippen LogP contribution is -2.38. The van der Waals surface area contributed by atoms with Crippen LogP contribution in [-0.2, 0) is 11.3 Å². The van der Waals surface area contributed by atoms with Crippen LogP contribution in [0.5, 0.6) is 0 Å². The Bertz CT molecular complexity index is 536. The molecule has 0 unspecified atom stereocenters. The number of rotatable bonds is 5. The summed E-state index contributed by atoms with van der Waals surface area (Å²) in [5.41, 5.74) is 0.133. The minimum atomic E-state index is -0.796. The number of nitrogens with zero attached hydrogens (tertiary/aromatic N) is 2. The third kappa shape index (κ3) is 4.32. The van der Waals surface area contributed by atoms with Crippen molar-refractivity contribution >= 4 is 5.91 Å². The van der Waals surface area contributed by atoms with Crippen LogP contribution in [-0.4, -0.2) is 51.6 Å². The summed E-state index contributed by atoms with van der Waals surface area (Å²) in [6, 6.07) is 0. The maximum atomic E-state index is 12.1. The Labute approximate surface area is 137 Å². The number of likely N-dealkylation sites (N-methyl/N-ethyl adjacent to an activating group) is 1. The van der Waals surface area contributed by atoms with Crippen molar-refractivity contribution in [3.8, 4) is 0 Å². The Hall–Kier alpha value is -1.40. The summed E-state index contributed by atoms with van der Waals surface area (Å²) in [6.45, 7) is 2.59. The van der Waals surface area contributed by atoms with E-state index in [2.05, 4.69) is 27.2 Å². The molecule has 2 fully saturated rings. The van der Waals surface area contributed by atoms with Crippen LogP contribution in [0.3, 0.4) is 0 Å². The van der Waals surface area contributed by atoms with E-state index in [4.69, 9.17) is 0 Å². The Morgan fingerprint density at radius 1 is 1.48 bits per heavy atom. The van der Waals surface area contributed by atoms with Crippen LogP contribution in [0.25, 0.3) is 0 Å². The van der Waals surface area contributed by atoms with Crippen molar-refractivity contribution in [2.75, 3.05) is 20.1 Å². The van der Waals surface area contributed by atoms with Gasteiger partial charge in [-0.2, -0.15) is 0 Å². The smallest absolute Gasteiger partial charge is 0.223 e. The fraction of sp³-hybridized carbons (Fsp3) is 0.765. The number of carbonyl (C=O) groups is 1. The zero-order chi connectivity index (χ0) is 16.3. The van der Waals surface area contributed by atoms with Crippen molar-refractivity contribution < 1.29 is 9.90 Å². The number of carbonyl (C=O) groups excluding carboxylic acids is 1. The van der Waals surface area contributed by atoms with Gasteiger partial charge in [0.05, 0.1) is 30.5 Å². The summed E-state index contributed by atoms with van der Waals surface area (Å²) in [6.07, 6.45) is 7.82. The van der Waals surface area contributed by atoms with Crippen LogP contribution in [0, 0.1) is 0 Å². The maximum Gasteiger partial charge on any atom is 0.223 e. The second kappa shape index (κ2) is 7.01. The lowest BCUT2D eigenvalue weighted by Gasteiger charge is -2.31. The highest BCUT2D eigenvalue weighted by atomic mass is 16.3. The summed E-state index contributed by atoms with van der Waals surface area (Å²) >= 11 is 0. The van der Waals surface area contributed by atoms with Crippen molar-refractivity contribution in [3.05, 3.63) is 17.7 Å². The minimum absolute atomic E-state index is 0.0776.